The fourth-order valence-corrected chi connectivity index (χ4v) is 1.78. The van der Waals surface area contributed by atoms with Crippen LogP contribution >= 0.6 is 11.6 Å². The number of phenolic OH excluding ortho intramolecular Hbond substituents is 1. The monoisotopic (exact) mass is 242 g/mol. The van der Waals surface area contributed by atoms with Gasteiger partial charge in [-0.15, -0.1) is 0 Å². The van der Waals surface area contributed by atoms with Crippen molar-refractivity contribution in [2.24, 2.45) is 0 Å². The van der Waals surface area contributed by atoms with Crippen LogP contribution in [0.4, 0.5) is 0 Å². The summed E-state index contributed by atoms with van der Waals surface area (Å²) in [6.45, 7) is 7.86. The molecule has 0 atom stereocenters. The molecule has 3 heteroatoms. The molecule has 90 valence electrons. The van der Waals surface area contributed by atoms with Crippen molar-refractivity contribution in [1.29, 1.82) is 0 Å². The minimum absolute atomic E-state index is 0.0293. The highest BCUT2D eigenvalue weighted by Crippen LogP contribution is 2.38. The van der Waals surface area contributed by atoms with Gasteiger partial charge in [0.2, 0.25) is 0 Å². The third-order valence-corrected chi connectivity index (χ3v) is 3.16. The van der Waals surface area contributed by atoms with E-state index in [1.165, 1.54) is 0 Å². The van der Waals surface area contributed by atoms with Gasteiger partial charge in [0.1, 0.15) is 5.75 Å². The molecule has 2 N–H and O–H groups in total. The summed E-state index contributed by atoms with van der Waals surface area (Å²) < 4.78 is 0. The fraction of sp³-hybridized carbons (Fsp3) is 0.538. The van der Waals surface area contributed by atoms with E-state index >= 15 is 0 Å². The summed E-state index contributed by atoms with van der Waals surface area (Å²) in [6.07, 6.45) is 0. The number of phenols is 1. The summed E-state index contributed by atoms with van der Waals surface area (Å²) >= 11 is 5.99. The molecular weight excluding hydrogens is 224 g/mol. The molecule has 1 aromatic rings. The summed E-state index contributed by atoms with van der Waals surface area (Å²) in [7, 11) is 0. The molecule has 0 spiro atoms. The molecule has 0 amide bonds. The molecule has 0 aromatic heterocycles. The van der Waals surface area contributed by atoms with Gasteiger partial charge in [-0.2, -0.15) is 0 Å². The third-order valence-electron chi connectivity index (χ3n) is 2.88. The van der Waals surface area contributed by atoms with Crippen LogP contribution in [0.5, 0.6) is 5.75 Å². The fourth-order valence-electron chi connectivity index (χ4n) is 1.55. The van der Waals surface area contributed by atoms with E-state index < -0.39 is 5.41 Å². The number of rotatable bonds is 3. The first-order chi connectivity index (χ1) is 7.29. The molecule has 0 unspecified atom stereocenters. The number of aliphatic hydroxyl groups is 1. The topological polar surface area (TPSA) is 40.5 Å². The van der Waals surface area contributed by atoms with E-state index in [1.807, 2.05) is 19.9 Å². The van der Waals surface area contributed by atoms with E-state index in [9.17, 15) is 10.2 Å². The zero-order valence-corrected chi connectivity index (χ0v) is 11.0. The maximum atomic E-state index is 9.93. The van der Waals surface area contributed by atoms with Crippen LogP contribution in [0.15, 0.2) is 12.1 Å². The number of aliphatic hydroxyl groups excluding tert-OH is 1. The van der Waals surface area contributed by atoms with Crippen molar-refractivity contribution < 1.29 is 10.2 Å². The molecule has 0 bridgehead atoms. The van der Waals surface area contributed by atoms with Gasteiger partial charge >= 0.3 is 0 Å². The van der Waals surface area contributed by atoms with Crippen molar-refractivity contribution >= 4 is 11.6 Å². The second-order valence-electron chi connectivity index (χ2n) is 5.10. The second kappa shape index (κ2) is 4.64. The molecule has 0 saturated heterocycles. The smallest absolute Gasteiger partial charge is 0.138 e. The van der Waals surface area contributed by atoms with Gasteiger partial charge in [-0.3, -0.25) is 0 Å². The minimum atomic E-state index is -0.487. The van der Waals surface area contributed by atoms with E-state index in [-0.39, 0.29) is 12.4 Å². The normalized spacial score (nSPS) is 12.2. The largest absolute Gasteiger partial charge is 0.506 e. The summed E-state index contributed by atoms with van der Waals surface area (Å²) in [4.78, 5) is 0. The van der Waals surface area contributed by atoms with Crippen LogP contribution in [0.2, 0.25) is 5.02 Å². The maximum Gasteiger partial charge on any atom is 0.138 e. The first-order valence-corrected chi connectivity index (χ1v) is 5.81. The first-order valence-electron chi connectivity index (χ1n) is 5.43. The molecule has 2 nitrogen and oxygen atoms in total. The minimum Gasteiger partial charge on any atom is -0.506 e. The van der Waals surface area contributed by atoms with Gasteiger partial charge in [0, 0.05) is 11.0 Å². The molecule has 1 rings (SSSR count). The van der Waals surface area contributed by atoms with E-state index in [1.54, 1.807) is 6.07 Å². The summed E-state index contributed by atoms with van der Waals surface area (Å²) in [5, 5.41) is 19.6. The molecule has 0 aliphatic carbocycles. The van der Waals surface area contributed by atoms with Crippen LogP contribution < -0.4 is 0 Å². The van der Waals surface area contributed by atoms with Crippen LogP contribution in [-0.2, 0) is 5.41 Å². The van der Waals surface area contributed by atoms with Crippen LogP contribution in [0.25, 0.3) is 0 Å². The van der Waals surface area contributed by atoms with Gasteiger partial charge in [-0.25, -0.2) is 0 Å². The van der Waals surface area contributed by atoms with Crippen LogP contribution in [0, 0.1) is 0 Å². The quantitative estimate of drug-likeness (QED) is 0.853. The highest BCUT2D eigenvalue weighted by Gasteiger charge is 2.25. The zero-order valence-electron chi connectivity index (χ0n) is 10.2. The zero-order chi connectivity index (χ0) is 12.5. The third kappa shape index (κ3) is 2.50. The standard InChI is InChI=1S/C13H19ClO2/c1-8(2)9-5-10(13(3,4)7-15)12(16)11(14)6-9/h5-6,8,15-16H,7H2,1-4H3. The van der Waals surface area contributed by atoms with Gasteiger partial charge in [-0.05, 0) is 17.5 Å². The molecule has 0 radical (unpaired) electrons. The predicted molar refractivity (Wildman–Crippen MR) is 67.3 cm³/mol. The lowest BCUT2D eigenvalue weighted by Crippen LogP contribution is -2.22. The van der Waals surface area contributed by atoms with E-state index in [4.69, 9.17) is 11.6 Å². The Bertz CT molecular complexity index is 384. The van der Waals surface area contributed by atoms with Crippen molar-refractivity contribution in [3.8, 4) is 5.75 Å². The number of aromatic hydroxyl groups is 1. The molecule has 1 aromatic carbocycles. The Labute approximate surface area is 102 Å². The Morgan fingerprint density at radius 1 is 1.31 bits per heavy atom. The molecule has 0 aliphatic rings. The van der Waals surface area contributed by atoms with E-state index in [0.29, 0.717) is 16.5 Å². The molecule has 0 heterocycles. The Balaban J connectivity index is 3.38. The van der Waals surface area contributed by atoms with Gasteiger partial charge in [-0.1, -0.05) is 45.4 Å². The highest BCUT2D eigenvalue weighted by atomic mass is 35.5. The summed E-state index contributed by atoms with van der Waals surface area (Å²) in [6, 6.07) is 3.70. The number of hydrogen-bond donors (Lipinski definition) is 2. The van der Waals surface area contributed by atoms with Gasteiger partial charge in [0.25, 0.3) is 0 Å². The average Bonchev–Trinajstić information content (AvgIpc) is 2.21. The lowest BCUT2D eigenvalue weighted by atomic mass is 9.83. The Morgan fingerprint density at radius 3 is 2.31 bits per heavy atom. The average molecular weight is 243 g/mol. The second-order valence-corrected chi connectivity index (χ2v) is 5.50. The highest BCUT2D eigenvalue weighted by molar-refractivity contribution is 6.32. The van der Waals surface area contributed by atoms with E-state index in [0.717, 1.165) is 5.56 Å². The molecule has 0 fully saturated rings. The van der Waals surface area contributed by atoms with Crippen molar-refractivity contribution in [1.82, 2.24) is 0 Å². The van der Waals surface area contributed by atoms with Crippen molar-refractivity contribution in [3.05, 3.63) is 28.3 Å². The Hall–Kier alpha value is -0.730. The van der Waals surface area contributed by atoms with Crippen LogP contribution in [0.1, 0.15) is 44.7 Å². The summed E-state index contributed by atoms with van der Waals surface area (Å²) in [5.41, 5.74) is 1.28. The predicted octanol–water partition coefficient (Wildman–Crippen LogP) is 3.44. The van der Waals surface area contributed by atoms with Crippen LogP contribution in [0.3, 0.4) is 0 Å². The molecule has 16 heavy (non-hydrogen) atoms. The lowest BCUT2D eigenvalue weighted by Gasteiger charge is -2.25. The number of benzene rings is 1. The van der Waals surface area contributed by atoms with Gasteiger partial charge in [0.15, 0.2) is 0 Å². The molecular formula is C13H19ClO2. The van der Waals surface area contributed by atoms with Crippen molar-refractivity contribution in [3.63, 3.8) is 0 Å². The van der Waals surface area contributed by atoms with Gasteiger partial charge < -0.3 is 10.2 Å². The lowest BCUT2D eigenvalue weighted by molar-refractivity contribution is 0.215. The number of hydrogen-bond acceptors (Lipinski definition) is 2. The first kappa shape index (κ1) is 13.3. The van der Waals surface area contributed by atoms with Crippen LogP contribution in [-0.4, -0.2) is 16.8 Å². The molecule has 0 aliphatic heterocycles. The van der Waals surface area contributed by atoms with Gasteiger partial charge in [0.05, 0.1) is 11.6 Å². The Kier molecular flexibility index (Phi) is 3.87. The SMILES string of the molecule is CC(C)c1cc(Cl)c(O)c(C(C)(C)CO)c1. The Morgan fingerprint density at radius 2 is 1.88 bits per heavy atom. The van der Waals surface area contributed by atoms with Crippen molar-refractivity contribution in [2.45, 2.75) is 39.0 Å². The van der Waals surface area contributed by atoms with Crippen molar-refractivity contribution in [2.75, 3.05) is 6.61 Å². The maximum absolute atomic E-state index is 9.93. The number of halogens is 1. The summed E-state index contributed by atoms with van der Waals surface area (Å²) in [5.74, 6) is 0.413. The van der Waals surface area contributed by atoms with E-state index in [2.05, 4.69) is 13.8 Å². The molecule has 0 saturated carbocycles.